The van der Waals surface area contributed by atoms with Crippen LogP contribution in [0.2, 0.25) is 0 Å². The molecule has 1 aliphatic carbocycles. The van der Waals surface area contributed by atoms with Crippen molar-refractivity contribution < 1.29 is 18.7 Å². The van der Waals surface area contributed by atoms with E-state index in [1.165, 1.54) is 0 Å². The second kappa shape index (κ2) is 9.25. The maximum Gasteiger partial charge on any atom is 0.255 e. The molecule has 2 aliphatic rings. The Morgan fingerprint density at radius 3 is 2.69 bits per heavy atom. The highest BCUT2D eigenvalue weighted by Gasteiger charge is 2.41. The van der Waals surface area contributed by atoms with E-state index in [-0.39, 0.29) is 17.6 Å². The summed E-state index contributed by atoms with van der Waals surface area (Å²) in [5.41, 5.74) is 4.27. The van der Waals surface area contributed by atoms with Crippen molar-refractivity contribution >= 4 is 17.5 Å². The van der Waals surface area contributed by atoms with Crippen LogP contribution in [-0.2, 0) is 9.59 Å². The number of aryl methyl sites for hydroxylation is 1. The molecular formula is C28H27N3O4. The minimum Gasteiger partial charge on any atom is -0.497 e. The number of aromatic nitrogens is 1. The van der Waals surface area contributed by atoms with Gasteiger partial charge < -0.3 is 19.8 Å². The lowest BCUT2D eigenvalue weighted by Crippen LogP contribution is -2.37. The van der Waals surface area contributed by atoms with Gasteiger partial charge >= 0.3 is 0 Å². The summed E-state index contributed by atoms with van der Waals surface area (Å²) in [5.74, 6) is 1.05. The number of rotatable bonds is 5. The third-order valence-corrected chi connectivity index (χ3v) is 6.57. The molecule has 0 spiro atoms. The first-order chi connectivity index (χ1) is 16.9. The zero-order valence-corrected chi connectivity index (χ0v) is 19.9. The Morgan fingerprint density at radius 2 is 1.94 bits per heavy atom. The van der Waals surface area contributed by atoms with Crippen molar-refractivity contribution in [1.29, 1.82) is 0 Å². The van der Waals surface area contributed by atoms with Crippen LogP contribution in [0, 0.1) is 6.92 Å². The molecule has 1 aromatic carbocycles. The Kier molecular flexibility index (Phi) is 5.99. The van der Waals surface area contributed by atoms with Crippen molar-refractivity contribution in [2.45, 2.75) is 38.5 Å². The van der Waals surface area contributed by atoms with Crippen LogP contribution in [0.5, 0.6) is 5.75 Å². The average molecular weight is 470 g/mol. The van der Waals surface area contributed by atoms with Crippen LogP contribution in [-0.4, -0.2) is 23.8 Å². The van der Waals surface area contributed by atoms with E-state index in [2.05, 4.69) is 15.6 Å². The van der Waals surface area contributed by atoms with Gasteiger partial charge in [0.2, 0.25) is 0 Å². The smallest absolute Gasteiger partial charge is 0.255 e. The summed E-state index contributed by atoms with van der Waals surface area (Å²) in [4.78, 5) is 31.7. The molecule has 3 aromatic rings. The maximum atomic E-state index is 13.6. The van der Waals surface area contributed by atoms with Crippen LogP contribution in [0.3, 0.4) is 0 Å². The van der Waals surface area contributed by atoms with Crippen LogP contribution in [0.15, 0.2) is 87.8 Å². The van der Waals surface area contributed by atoms with Gasteiger partial charge in [-0.1, -0.05) is 18.2 Å². The van der Waals surface area contributed by atoms with E-state index in [1.54, 1.807) is 19.4 Å². The van der Waals surface area contributed by atoms with E-state index < -0.39 is 5.92 Å². The lowest BCUT2D eigenvalue weighted by molar-refractivity contribution is -0.116. The number of hydrogen-bond donors (Lipinski definition) is 2. The van der Waals surface area contributed by atoms with Gasteiger partial charge in [0, 0.05) is 46.5 Å². The fourth-order valence-corrected chi connectivity index (χ4v) is 5.02. The first-order valence-electron chi connectivity index (χ1n) is 11.6. The number of carbonyl (C=O) groups is 2. The number of nitrogens with one attached hydrogen (secondary N) is 2. The molecule has 1 amide bonds. The van der Waals surface area contributed by atoms with Gasteiger partial charge in [0.15, 0.2) is 5.78 Å². The largest absolute Gasteiger partial charge is 0.497 e. The second-order valence-corrected chi connectivity index (χ2v) is 8.93. The number of anilines is 1. The quantitative estimate of drug-likeness (QED) is 0.547. The first kappa shape index (κ1) is 22.7. The van der Waals surface area contributed by atoms with Gasteiger partial charge in [0.1, 0.15) is 17.3 Å². The predicted octanol–water partition coefficient (Wildman–Crippen LogP) is 4.99. The Morgan fingerprint density at radius 1 is 1.11 bits per heavy atom. The van der Waals surface area contributed by atoms with E-state index in [9.17, 15) is 9.59 Å². The van der Waals surface area contributed by atoms with E-state index >= 15 is 0 Å². The van der Waals surface area contributed by atoms with E-state index in [0.29, 0.717) is 41.3 Å². The number of ketones is 1. The summed E-state index contributed by atoms with van der Waals surface area (Å²) >= 11 is 0. The van der Waals surface area contributed by atoms with Gasteiger partial charge in [0.05, 0.1) is 13.4 Å². The summed E-state index contributed by atoms with van der Waals surface area (Å²) < 4.78 is 11.1. The predicted molar refractivity (Wildman–Crippen MR) is 132 cm³/mol. The Balaban J connectivity index is 1.58. The van der Waals surface area contributed by atoms with Gasteiger partial charge in [-0.05, 0) is 62.2 Å². The van der Waals surface area contributed by atoms with Crippen LogP contribution >= 0.6 is 0 Å². The van der Waals surface area contributed by atoms with Gasteiger partial charge in [-0.2, -0.15) is 0 Å². The van der Waals surface area contributed by atoms with Gasteiger partial charge in [-0.3, -0.25) is 9.59 Å². The standard InChI is InChI=1S/C28H27N3O4/c1-16-7-4-11-24(29-16)31-28(33)25-17(2)30-21-14-19(23-10-6-12-35-23)15-22(32)27(21)26(25)18-8-5-9-20(13-18)34-3/h4-13,19,26,30H,14-15H2,1-3H3,(H,29,31,33). The number of allylic oxidation sites excluding steroid dienone is 3. The Labute approximate surface area is 203 Å². The molecule has 7 heteroatoms. The highest BCUT2D eigenvalue weighted by molar-refractivity contribution is 6.09. The third-order valence-electron chi connectivity index (χ3n) is 6.57. The molecule has 0 radical (unpaired) electrons. The number of pyridine rings is 1. The number of hydrogen-bond acceptors (Lipinski definition) is 6. The molecule has 0 saturated heterocycles. The second-order valence-electron chi connectivity index (χ2n) is 8.93. The number of Topliss-reactive ketones (excluding diaryl/α,β-unsaturated/α-hetero) is 1. The summed E-state index contributed by atoms with van der Waals surface area (Å²) in [6.45, 7) is 3.74. The summed E-state index contributed by atoms with van der Waals surface area (Å²) in [6, 6.07) is 16.8. The molecule has 2 unspecified atom stereocenters. The van der Waals surface area contributed by atoms with Crippen molar-refractivity contribution in [3.05, 3.63) is 100 Å². The number of dihydropyridines is 1. The monoisotopic (exact) mass is 469 g/mol. The summed E-state index contributed by atoms with van der Waals surface area (Å²) in [7, 11) is 1.60. The van der Waals surface area contributed by atoms with E-state index in [4.69, 9.17) is 9.15 Å². The summed E-state index contributed by atoms with van der Waals surface area (Å²) in [6.07, 6.45) is 2.58. The average Bonchev–Trinajstić information content (AvgIpc) is 3.38. The highest BCUT2D eigenvalue weighted by Crippen LogP contribution is 2.46. The first-order valence-corrected chi connectivity index (χ1v) is 11.6. The lowest BCUT2D eigenvalue weighted by atomic mass is 9.72. The SMILES string of the molecule is COc1cccc(C2C(C(=O)Nc3cccc(C)n3)=C(C)NC3=C2C(=O)CC(c2ccco2)C3)c1. The molecular weight excluding hydrogens is 442 g/mol. The van der Waals surface area contributed by atoms with Crippen molar-refractivity contribution in [3.8, 4) is 5.75 Å². The topological polar surface area (TPSA) is 93.5 Å². The van der Waals surface area contributed by atoms with E-state index in [1.807, 2.05) is 62.4 Å². The van der Waals surface area contributed by atoms with Crippen molar-refractivity contribution in [2.75, 3.05) is 12.4 Å². The molecule has 2 N–H and O–H groups in total. The van der Waals surface area contributed by atoms with Crippen LogP contribution in [0.25, 0.3) is 0 Å². The maximum absolute atomic E-state index is 13.6. The molecule has 35 heavy (non-hydrogen) atoms. The molecule has 2 aromatic heterocycles. The molecule has 7 nitrogen and oxygen atoms in total. The van der Waals surface area contributed by atoms with Crippen molar-refractivity contribution in [3.63, 3.8) is 0 Å². The number of carbonyl (C=O) groups excluding carboxylic acids is 2. The molecule has 0 bridgehead atoms. The van der Waals surface area contributed by atoms with Crippen LogP contribution in [0.4, 0.5) is 5.82 Å². The molecule has 2 atom stereocenters. The number of methoxy groups -OCH3 is 1. The zero-order chi connectivity index (χ0) is 24.5. The van der Waals surface area contributed by atoms with Gasteiger partial charge in [-0.15, -0.1) is 0 Å². The van der Waals surface area contributed by atoms with Crippen molar-refractivity contribution in [2.24, 2.45) is 0 Å². The molecule has 0 fully saturated rings. The zero-order valence-electron chi connectivity index (χ0n) is 19.9. The minimum absolute atomic E-state index is 0.000509. The highest BCUT2D eigenvalue weighted by atomic mass is 16.5. The third kappa shape index (κ3) is 4.37. The fourth-order valence-electron chi connectivity index (χ4n) is 5.02. The fraction of sp³-hybridized carbons (Fsp3) is 0.250. The van der Waals surface area contributed by atoms with E-state index in [0.717, 1.165) is 22.7 Å². The molecule has 5 rings (SSSR count). The number of benzene rings is 1. The minimum atomic E-state index is -0.531. The van der Waals surface area contributed by atoms with Gasteiger partial charge in [-0.25, -0.2) is 4.98 Å². The molecule has 1 aliphatic heterocycles. The number of furan rings is 1. The Hall–Kier alpha value is -4.13. The normalized spacial score (nSPS) is 19.8. The van der Waals surface area contributed by atoms with Crippen LogP contribution in [0.1, 0.15) is 48.6 Å². The Bertz CT molecular complexity index is 1350. The molecule has 178 valence electrons. The number of ether oxygens (including phenoxy) is 1. The van der Waals surface area contributed by atoms with Gasteiger partial charge in [0.25, 0.3) is 5.91 Å². The number of nitrogens with zero attached hydrogens (tertiary/aromatic N) is 1. The lowest BCUT2D eigenvalue weighted by Gasteiger charge is -2.36. The molecule has 3 heterocycles. The van der Waals surface area contributed by atoms with Crippen LogP contribution < -0.4 is 15.4 Å². The number of amides is 1. The molecule has 0 saturated carbocycles. The summed E-state index contributed by atoms with van der Waals surface area (Å²) in [5, 5.41) is 6.31. The van der Waals surface area contributed by atoms with Crippen molar-refractivity contribution in [1.82, 2.24) is 10.3 Å².